The molecular formula is C16H18FNO5. The quantitative estimate of drug-likeness (QED) is 0.678. The highest BCUT2D eigenvalue weighted by Gasteiger charge is 2.56. The SMILES string of the molecule is COC(=O)NC(c1cccc(F)c1)[C@@]1(C(=O)OC)CCCC1=O. The van der Waals surface area contributed by atoms with Crippen molar-refractivity contribution in [1.82, 2.24) is 5.32 Å². The van der Waals surface area contributed by atoms with Crippen molar-refractivity contribution in [3.05, 3.63) is 35.6 Å². The van der Waals surface area contributed by atoms with Gasteiger partial charge in [-0.3, -0.25) is 9.59 Å². The molecule has 1 N–H and O–H groups in total. The normalized spacial score (nSPS) is 21.6. The summed E-state index contributed by atoms with van der Waals surface area (Å²) in [7, 11) is 2.34. The van der Waals surface area contributed by atoms with Crippen LogP contribution in [0.25, 0.3) is 0 Å². The Morgan fingerprint density at radius 1 is 1.30 bits per heavy atom. The zero-order chi connectivity index (χ0) is 17.0. The van der Waals surface area contributed by atoms with Gasteiger partial charge in [0, 0.05) is 6.42 Å². The number of nitrogens with one attached hydrogen (secondary N) is 1. The summed E-state index contributed by atoms with van der Waals surface area (Å²) >= 11 is 0. The van der Waals surface area contributed by atoms with Gasteiger partial charge in [0.05, 0.1) is 20.3 Å². The van der Waals surface area contributed by atoms with Crippen molar-refractivity contribution in [1.29, 1.82) is 0 Å². The van der Waals surface area contributed by atoms with E-state index >= 15 is 0 Å². The van der Waals surface area contributed by atoms with Gasteiger partial charge in [-0.15, -0.1) is 0 Å². The highest BCUT2D eigenvalue weighted by atomic mass is 19.1. The Morgan fingerprint density at radius 3 is 2.57 bits per heavy atom. The molecule has 23 heavy (non-hydrogen) atoms. The van der Waals surface area contributed by atoms with Crippen molar-refractivity contribution in [3.8, 4) is 0 Å². The van der Waals surface area contributed by atoms with E-state index in [1.807, 2.05) is 0 Å². The lowest BCUT2D eigenvalue weighted by Gasteiger charge is -2.34. The van der Waals surface area contributed by atoms with E-state index in [9.17, 15) is 18.8 Å². The molecule has 1 amide bonds. The Morgan fingerprint density at radius 2 is 2.04 bits per heavy atom. The number of benzene rings is 1. The minimum absolute atomic E-state index is 0.198. The summed E-state index contributed by atoms with van der Waals surface area (Å²) < 4.78 is 23.0. The van der Waals surface area contributed by atoms with E-state index in [0.717, 1.165) is 0 Å². The van der Waals surface area contributed by atoms with Crippen LogP contribution in [0.3, 0.4) is 0 Å². The fourth-order valence-electron chi connectivity index (χ4n) is 3.07. The van der Waals surface area contributed by atoms with Gasteiger partial charge >= 0.3 is 12.1 Å². The van der Waals surface area contributed by atoms with E-state index in [4.69, 9.17) is 4.74 Å². The summed E-state index contributed by atoms with van der Waals surface area (Å²) in [5, 5.41) is 2.49. The van der Waals surface area contributed by atoms with Gasteiger partial charge in [-0.2, -0.15) is 0 Å². The number of methoxy groups -OCH3 is 2. The molecule has 7 heteroatoms. The number of alkyl carbamates (subject to hydrolysis) is 1. The zero-order valence-corrected chi connectivity index (χ0v) is 12.9. The minimum Gasteiger partial charge on any atom is -0.468 e. The van der Waals surface area contributed by atoms with Crippen LogP contribution in [0.5, 0.6) is 0 Å². The molecule has 0 spiro atoms. The first-order chi connectivity index (χ1) is 11.0. The molecule has 124 valence electrons. The Balaban J connectivity index is 2.56. The van der Waals surface area contributed by atoms with Gasteiger partial charge in [0.1, 0.15) is 5.82 Å². The van der Waals surface area contributed by atoms with Crippen molar-refractivity contribution in [2.45, 2.75) is 25.3 Å². The lowest BCUT2D eigenvalue weighted by Crippen LogP contribution is -2.49. The number of hydrogen-bond acceptors (Lipinski definition) is 5. The molecule has 1 saturated carbocycles. The zero-order valence-electron chi connectivity index (χ0n) is 12.9. The van der Waals surface area contributed by atoms with Crippen molar-refractivity contribution < 1.29 is 28.2 Å². The molecule has 6 nitrogen and oxygen atoms in total. The number of rotatable bonds is 4. The Labute approximate surface area is 133 Å². The van der Waals surface area contributed by atoms with Crippen molar-refractivity contribution in [3.63, 3.8) is 0 Å². The number of ether oxygens (including phenoxy) is 2. The molecule has 2 rings (SSSR count). The largest absolute Gasteiger partial charge is 0.468 e. The maximum atomic E-state index is 13.6. The van der Waals surface area contributed by atoms with Crippen LogP contribution in [-0.2, 0) is 19.1 Å². The molecule has 0 bridgehead atoms. The van der Waals surface area contributed by atoms with Crippen LogP contribution in [0.1, 0.15) is 30.9 Å². The summed E-state index contributed by atoms with van der Waals surface area (Å²) in [6.07, 6.45) is 0.0815. The first-order valence-electron chi connectivity index (χ1n) is 7.17. The first-order valence-corrected chi connectivity index (χ1v) is 7.17. The van der Waals surface area contributed by atoms with Crippen LogP contribution in [0.4, 0.5) is 9.18 Å². The molecular weight excluding hydrogens is 305 g/mol. The predicted octanol–water partition coefficient (Wildman–Crippen LogP) is 2.14. The lowest BCUT2D eigenvalue weighted by molar-refractivity contribution is -0.158. The molecule has 1 aromatic carbocycles. The molecule has 1 aromatic rings. The molecule has 1 fully saturated rings. The summed E-state index contributed by atoms with van der Waals surface area (Å²) in [6.45, 7) is 0. The second-order valence-electron chi connectivity index (χ2n) is 5.36. The van der Waals surface area contributed by atoms with Crippen LogP contribution in [0.15, 0.2) is 24.3 Å². The van der Waals surface area contributed by atoms with Crippen LogP contribution < -0.4 is 5.32 Å². The summed E-state index contributed by atoms with van der Waals surface area (Å²) in [6, 6.07) is 4.34. The van der Waals surface area contributed by atoms with Gasteiger partial charge in [-0.1, -0.05) is 12.1 Å². The Bertz CT molecular complexity index is 633. The second-order valence-corrected chi connectivity index (χ2v) is 5.36. The lowest BCUT2D eigenvalue weighted by atomic mass is 9.74. The van der Waals surface area contributed by atoms with Gasteiger partial charge in [0.25, 0.3) is 0 Å². The highest BCUT2D eigenvalue weighted by molar-refractivity contribution is 6.06. The number of Topliss-reactive ketones (excluding diaryl/α,β-unsaturated/α-hetero) is 1. The van der Waals surface area contributed by atoms with Gasteiger partial charge in [0.15, 0.2) is 11.2 Å². The van der Waals surface area contributed by atoms with Crippen LogP contribution >= 0.6 is 0 Å². The standard InChI is InChI=1S/C16H18FNO5/c1-22-14(20)16(8-4-7-12(16)19)13(18-15(21)23-2)10-5-3-6-11(17)9-10/h3,5-6,9,13H,4,7-8H2,1-2H3,(H,18,21)/t13?,16-/m1/s1. The Hall–Kier alpha value is -2.44. The molecule has 2 atom stereocenters. The van der Waals surface area contributed by atoms with Crippen LogP contribution in [0.2, 0.25) is 0 Å². The maximum absolute atomic E-state index is 13.6. The molecule has 1 aliphatic rings. The van der Waals surface area contributed by atoms with E-state index in [1.165, 1.54) is 32.4 Å². The van der Waals surface area contributed by atoms with E-state index in [2.05, 4.69) is 10.1 Å². The van der Waals surface area contributed by atoms with Crippen LogP contribution in [-0.4, -0.2) is 32.1 Å². The number of halogens is 1. The monoisotopic (exact) mass is 323 g/mol. The van der Waals surface area contributed by atoms with E-state index < -0.39 is 29.3 Å². The molecule has 0 radical (unpaired) electrons. The summed E-state index contributed by atoms with van der Waals surface area (Å²) in [5.74, 6) is -1.62. The smallest absolute Gasteiger partial charge is 0.407 e. The number of carbonyl (C=O) groups is 3. The molecule has 0 aliphatic heterocycles. The van der Waals surface area contributed by atoms with Crippen molar-refractivity contribution in [2.75, 3.05) is 14.2 Å². The summed E-state index contributed by atoms with van der Waals surface area (Å²) in [5.41, 5.74) is -1.27. The average Bonchev–Trinajstić information content (AvgIpc) is 2.93. The topological polar surface area (TPSA) is 81.7 Å². The number of carbonyl (C=O) groups excluding carboxylic acids is 3. The molecule has 0 saturated heterocycles. The second kappa shape index (κ2) is 6.76. The van der Waals surface area contributed by atoms with E-state index in [0.29, 0.717) is 12.0 Å². The van der Waals surface area contributed by atoms with Crippen LogP contribution in [0, 0.1) is 11.2 Å². The number of esters is 1. The van der Waals surface area contributed by atoms with E-state index in [1.54, 1.807) is 6.07 Å². The fourth-order valence-corrected chi connectivity index (χ4v) is 3.07. The van der Waals surface area contributed by atoms with Gasteiger partial charge in [-0.05, 0) is 30.5 Å². The Kier molecular flexibility index (Phi) is 4.98. The third-order valence-electron chi connectivity index (χ3n) is 4.14. The van der Waals surface area contributed by atoms with Gasteiger partial charge in [0.2, 0.25) is 0 Å². The molecule has 1 unspecified atom stereocenters. The number of ketones is 1. The summed E-state index contributed by atoms with van der Waals surface area (Å²) in [4.78, 5) is 36.6. The fraction of sp³-hybridized carbons (Fsp3) is 0.438. The average molecular weight is 323 g/mol. The predicted molar refractivity (Wildman–Crippen MR) is 78.0 cm³/mol. The molecule has 1 aliphatic carbocycles. The number of hydrogen-bond donors (Lipinski definition) is 1. The van der Waals surface area contributed by atoms with Crippen molar-refractivity contribution >= 4 is 17.8 Å². The number of amides is 1. The molecule has 0 heterocycles. The van der Waals surface area contributed by atoms with E-state index in [-0.39, 0.29) is 18.6 Å². The van der Waals surface area contributed by atoms with Crippen molar-refractivity contribution in [2.24, 2.45) is 5.41 Å². The minimum atomic E-state index is -1.57. The highest BCUT2D eigenvalue weighted by Crippen LogP contribution is 2.46. The first kappa shape index (κ1) is 16.9. The third kappa shape index (κ3) is 3.04. The molecule has 0 aromatic heterocycles. The van der Waals surface area contributed by atoms with Gasteiger partial charge in [-0.25, -0.2) is 9.18 Å². The maximum Gasteiger partial charge on any atom is 0.407 e. The van der Waals surface area contributed by atoms with Gasteiger partial charge < -0.3 is 14.8 Å². The third-order valence-corrected chi connectivity index (χ3v) is 4.14.